The van der Waals surface area contributed by atoms with Crippen molar-refractivity contribution in [1.82, 2.24) is 20.3 Å². The third-order valence-electron chi connectivity index (χ3n) is 4.67. The molecular formula is C23H16N4O3. The Hall–Kier alpha value is -4.26. The molecule has 4 aromatic heterocycles. The highest BCUT2D eigenvalue weighted by atomic mass is 16.3. The summed E-state index contributed by atoms with van der Waals surface area (Å²) in [6, 6.07) is 14.5. The average Bonchev–Trinajstić information content (AvgIpc) is 3.51. The van der Waals surface area contributed by atoms with Crippen LogP contribution in [0.25, 0.3) is 33.5 Å². The molecule has 146 valence electrons. The van der Waals surface area contributed by atoms with Crippen molar-refractivity contribution in [2.24, 2.45) is 0 Å². The van der Waals surface area contributed by atoms with E-state index in [1.807, 2.05) is 30.3 Å². The van der Waals surface area contributed by atoms with E-state index in [9.17, 15) is 4.79 Å². The first-order chi connectivity index (χ1) is 14.8. The van der Waals surface area contributed by atoms with E-state index in [-0.39, 0.29) is 5.91 Å². The molecule has 0 spiro atoms. The standard InChI is InChI=1S/C23H16N4O3/c28-23(25-12-18-3-1-2-8-24-18)15-4-5-19-20(11-15)27-22(17-7-10-30-14-17)21(26-19)16-6-9-29-13-16/h1-11,13-14H,12H2,(H,25,28). The van der Waals surface area contributed by atoms with Gasteiger partial charge in [-0.1, -0.05) is 6.07 Å². The lowest BCUT2D eigenvalue weighted by Gasteiger charge is -2.09. The summed E-state index contributed by atoms with van der Waals surface area (Å²) in [6.45, 7) is 0.350. The summed E-state index contributed by atoms with van der Waals surface area (Å²) < 4.78 is 10.4. The van der Waals surface area contributed by atoms with Gasteiger partial charge >= 0.3 is 0 Å². The number of furan rings is 2. The number of carbonyl (C=O) groups is 1. The Morgan fingerprint density at radius 3 is 2.23 bits per heavy atom. The van der Waals surface area contributed by atoms with Gasteiger partial charge in [-0.2, -0.15) is 0 Å². The van der Waals surface area contributed by atoms with Crippen molar-refractivity contribution in [2.75, 3.05) is 0 Å². The predicted molar refractivity (Wildman–Crippen MR) is 110 cm³/mol. The number of rotatable bonds is 5. The van der Waals surface area contributed by atoms with Crippen molar-refractivity contribution in [3.05, 3.63) is 91.0 Å². The zero-order valence-corrected chi connectivity index (χ0v) is 15.8. The van der Waals surface area contributed by atoms with Crippen LogP contribution in [0.4, 0.5) is 0 Å². The average molecular weight is 396 g/mol. The Morgan fingerprint density at radius 2 is 1.60 bits per heavy atom. The molecule has 5 aromatic rings. The van der Waals surface area contributed by atoms with Crippen LogP contribution in [0.1, 0.15) is 16.1 Å². The number of pyridine rings is 1. The third-order valence-corrected chi connectivity index (χ3v) is 4.67. The first-order valence-corrected chi connectivity index (χ1v) is 9.33. The second-order valence-corrected chi connectivity index (χ2v) is 6.65. The van der Waals surface area contributed by atoms with Gasteiger partial charge in [0.2, 0.25) is 0 Å². The summed E-state index contributed by atoms with van der Waals surface area (Å²) in [7, 11) is 0. The van der Waals surface area contributed by atoms with Crippen molar-refractivity contribution in [3.63, 3.8) is 0 Å². The summed E-state index contributed by atoms with van der Waals surface area (Å²) in [5.41, 5.74) is 5.54. The number of aromatic nitrogens is 3. The highest BCUT2D eigenvalue weighted by Gasteiger charge is 2.16. The van der Waals surface area contributed by atoms with Gasteiger partial charge in [0.1, 0.15) is 11.4 Å². The van der Waals surface area contributed by atoms with Crippen LogP contribution in [-0.4, -0.2) is 20.9 Å². The molecule has 0 unspecified atom stereocenters. The quantitative estimate of drug-likeness (QED) is 0.471. The Bertz CT molecular complexity index is 1300. The van der Waals surface area contributed by atoms with E-state index in [1.165, 1.54) is 0 Å². The maximum atomic E-state index is 12.6. The van der Waals surface area contributed by atoms with Crippen LogP contribution in [-0.2, 0) is 6.54 Å². The molecule has 4 heterocycles. The molecule has 0 saturated carbocycles. The van der Waals surface area contributed by atoms with Gasteiger partial charge in [0.25, 0.3) is 5.91 Å². The van der Waals surface area contributed by atoms with Crippen molar-refractivity contribution >= 4 is 16.9 Å². The number of nitrogens with zero attached hydrogens (tertiary/aromatic N) is 3. The molecule has 1 amide bonds. The van der Waals surface area contributed by atoms with Crippen LogP contribution < -0.4 is 5.32 Å². The van der Waals surface area contributed by atoms with Crippen LogP contribution >= 0.6 is 0 Å². The first kappa shape index (κ1) is 17.8. The molecule has 0 saturated heterocycles. The van der Waals surface area contributed by atoms with Crippen LogP contribution in [0.15, 0.2) is 88.6 Å². The lowest BCUT2D eigenvalue weighted by atomic mass is 10.1. The Labute approximate surface area is 171 Å². The van der Waals surface area contributed by atoms with E-state index in [4.69, 9.17) is 18.8 Å². The zero-order valence-electron chi connectivity index (χ0n) is 15.8. The molecule has 0 fully saturated rings. The monoisotopic (exact) mass is 396 g/mol. The van der Waals surface area contributed by atoms with E-state index in [0.717, 1.165) is 16.8 Å². The number of nitrogens with one attached hydrogen (secondary N) is 1. The Kier molecular flexibility index (Phi) is 4.53. The molecule has 0 aliphatic heterocycles. The second kappa shape index (κ2) is 7.63. The smallest absolute Gasteiger partial charge is 0.251 e. The molecule has 0 bridgehead atoms. The third kappa shape index (κ3) is 3.44. The van der Waals surface area contributed by atoms with Gasteiger partial charge < -0.3 is 14.2 Å². The number of hydrogen-bond donors (Lipinski definition) is 1. The molecule has 1 N–H and O–H groups in total. The maximum Gasteiger partial charge on any atom is 0.251 e. The molecule has 30 heavy (non-hydrogen) atoms. The fourth-order valence-electron chi connectivity index (χ4n) is 3.17. The fourth-order valence-corrected chi connectivity index (χ4v) is 3.17. The molecule has 7 nitrogen and oxygen atoms in total. The molecule has 7 heteroatoms. The van der Waals surface area contributed by atoms with Gasteiger partial charge in [-0.05, 0) is 42.5 Å². The normalized spacial score (nSPS) is 10.9. The van der Waals surface area contributed by atoms with Gasteiger partial charge in [-0.25, -0.2) is 9.97 Å². The van der Waals surface area contributed by atoms with Crippen molar-refractivity contribution < 1.29 is 13.6 Å². The van der Waals surface area contributed by atoms with E-state index >= 15 is 0 Å². The highest BCUT2D eigenvalue weighted by Crippen LogP contribution is 2.31. The van der Waals surface area contributed by atoms with Crippen LogP contribution in [0.3, 0.4) is 0 Å². The number of amides is 1. The Balaban J connectivity index is 1.51. The lowest BCUT2D eigenvalue weighted by molar-refractivity contribution is 0.0950. The largest absolute Gasteiger partial charge is 0.472 e. The number of benzene rings is 1. The highest BCUT2D eigenvalue weighted by molar-refractivity contribution is 5.98. The minimum Gasteiger partial charge on any atom is -0.472 e. The maximum absolute atomic E-state index is 12.6. The summed E-state index contributed by atoms with van der Waals surface area (Å²) in [5.74, 6) is -0.201. The number of fused-ring (bicyclic) bond motifs is 1. The van der Waals surface area contributed by atoms with Gasteiger partial charge in [0.05, 0.1) is 48.3 Å². The summed E-state index contributed by atoms with van der Waals surface area (Å²) in [4.78, 5) is 26.4. The van der Waals surface area contributed by atoms with Gasteiger partial charge in [0.15, 0.2) is 0 Å². The molecule has 0 atom stereocenters. The summed E-state index contributed by atoms with van der Waals surface area (Å²) in [5, 5.41) is 2.88. The van der Waals surface area contributed by atoms with E-state index < -0.39 is 0 Å². The molecule has 0 aliphatic carbocycles. The summed E-state index contributed by atoms with van der Waals surface area (Å²) in [6.07, 6.45) is 8.11. The second-order valence-electron chi connectivity index (χ2n) is 6.65. The van der Waals surface area contributed by atoms with Gasteiger partial charge in [-0.3, -0.25) is 9.78 Å². The van der Waals surface area contributed by atoms with Crippen LogP contribution in [0.5, 0.6) is 0 Å². The van der Waals surface area contributed by atoms with E-state index in [2.05, 4.69) is 10.3 Å². The Morgan fingerprint density at radius 1 is 0.867 bits per heavy atom. The lowest BCUT2D eigenvalue weighted by Crippen LogP contribution is -2.23. The molecule has 5 rings (SSSR count). The zero-order chi connectivity index (χ0) is 20.3. The fraction of sp³-hybridized carbons (Fsp3) is 0.0435. The molecular weight excluding hydrogens is 380 g/mol. The minimum absolute atomic E-state index is 0.201. The van der Waals surface area contributed by atoms with E-state index in [1.54, 1.807) is 49.4 Å². The van der Waals surface area contributed by atoms with Crippen LogP contribution in [0.2, 0.25) is 0 Å². The topological polar surface area (TPSA) is 94.1 Å². The van der Waals surface area contributed by atoms with E-state index in [0.29, 0.717) is 34.5 Å². The summed E-state index contributed by atoms with van der Waals surface area (Å²) >= 11 is 0. The van der Waals surface area contributed by atoms with Crippen molar-refractivity contribution in [3.8, 4) is 22.5 Å². The van der Waals surface area contributed by atoms with Crippen molar-refractivity contribution in [2.45, 2.75) is 6.54 Å². The van der Waals surface area contributed by atoms with Gasteiger partial charge in [0, 0.05) is 22.9 Å². The number of hydrogen-bond acceptors (Lipinski definition) is 6. The minimum atomic E-state index is -0.201. The first-order valence-electron chi connectivity index (χ1n) is 9.33. The molecule has 0 radical (unpaired) electrons. The predicted octanol–water partition coefficient (Wildman–Crippen LogP) is 4.47. The molecule has 1 aromatic carbocycles. The number of carbonyl (C=O) groups excluding carboxylic acids is 1. The SMILES string of the molecule is O=C(NCc1ccccn1)c1ccc2nc(-c3ccoc3)c(-c3ccoc3)nc2c1. The van der Waals surface area contributed by atoms with Crippen molar-refractivity contribution in [1.29, 1.82) is 0 Å². The van der Waals surface area contributed by atoms with Gasteiger partial charge in [-0.15, -0.1) is 0 Å². The van der Waals surface area contributed by atoms with Crippen LogP contribution in [0, 0.1) is 0 Å². The molecule has 0 aliphatic rings.